The molecular formula is C16H22N2OS2. The average Bonchev–Trinajstić information content (AvgIpc) is 3.02. The number of thioether (sulfide) groups is 1. The lowest BCUT2D eigenvalue weighted by Gasteiger charge is -2.31. The van der Waals surface area contributed by atoms with Crippen LogP contribution in [0.5, 0.6) is 0 Å². The van der Waals surface area contributed by atoms with Crippen molar-refractivity contribution in [2.24, 2.45) is 0 Å². The summed E-state index contributed by atoms with van der Waals surface area (Å²) in [5.74, 6) is 0. The van der Waals surface area contributed by atoms with Gasteiger partial charge in [0.25, 0.3) is 0 Å². The van der Waals surface area contributed by atoms with Crippen molar-refractivity contribution in [2.45, 2.75) is 54.3 Å². The summed E-state index contributed by atoms with van der Waals surface area (Å²) in [5, 5.41) is 13.9. The molecule has 0 aliphatic heterocycles. The molecule has 2 unspecified atom stereocenters. The summed E-state index contributed by atoms with van der Waals surface area (Å²) in [6.45, 7) is 4.51. The number of rotatable bonds is 5. The number of aromatic nitrogens is 1. The van der Waals surface area contributed by atoms with Crippen molar-refractivity contribution in [2.75, 3.05) is 6.61 Å². The van der Waals surface area contributed by atoms with Gasteiger partial charge < -0.3 is 10.4 Å². The minimum atomic E-state index is -0.0947. The summed E-state index contributed by atoms with van der Waals surface area (Å²) in [7, 11) is 0. The molecule has 3 nitrogen and oxygen atoms in total. The normalized spacial score (nSPS) is 26.0. The highest BCUT2D eigenvalue weighted by Gasteiger charge is 2.39. The molecule has 1 saturated carbocycles. The van der Waals surface area contributed by atoms with Gasteiger partial charge in [0, 0.05) is 16.8 Å². The molecule has 3 rings (SSSR count). The highest BCUT2D eigenvalue weighted by molar-refractivity contribution is 8.01. The van der Waals surface area contributed by atoms with E-state index in [1.807, 2.05) is 17.8 Å². The van der Waals surface area contributed by atoms with Crippen molar-refractivity contribution in [3.8, 4) is 0 Å². The minimum Gasteiger partial charge on any atom is -0.394 e. The summed E-state index contributed by atoms with van der Waals surface area (Å²) in [6.07, 6.45) is 3.20. The highest BCUT2D eigenvalue weighted by Crippen LogP contribution is 2.42. The van der Waals surface area contributed by atoms with Crippen molar-refractivity contribution in [3.05, 3.63) is 24.3 Å². The molecule has 1 heterocycles. The summed E-state index contributed by atoms with van der Waals surface area (Å²) in [6, 6.07) is 8.71. The molecule has 1 aromatic heterocycles. The Balaban J connectivity index is 1.68. The molecule has 2 N–H and O–H groups in total. The molecule has 0 radical (unpaired) electrons. The first-order chi connectivity index (χ1) is 10.1. The van der Waals surface area contributed by atoms with Crippen LogP contribution in [0.3, 0.4) is 0 Å². The second-order valence-corrected chi connectivity index (χ2v) is 8.75. The number of aliphatic hydroxyl groups excluding tert-OH is 1. The third-order valence-electron chi connectivity index (χ3n) is 4.00. The zero-order valence-corrected chi connectivity index (χ0v) is 14.1. The second kappa shape index (κ2) is 6.24. The summed E-state index contributed by atoms with van der Waals surface area (Å²) >= 11 is 3.65. The number of hydrogen-bond donors (Lipinski definition) is 2. The molecule has 5 heteroatoms. The largest absolute Gasteiger partial charge is 0.394 e. The van der Waals surface area contributed by atoms with E-state index >= 15 is 0 Å². The van der Waals surface area contributed by atoms with Crippen LogP contribution in [0.15, 0.2) is 28.6 Å². The van der Waals surface area contributed by atoms with Gasteiger partial charge in [-0.25, -0.2) is 4.98 Å². The van der Waals surface area contributed by atoms with Crippen LogP contribution in [0.2, 0.25) is 0 Å². The Bertz CT molecular complexity index is 580. The first kappa shape index (κ1) is 15.3. The predicted octanol–water partition coefficient (Wildman–Crippen LogP) is 3.67. The number of nitrogens with one attached hydrogen (secondary N) is 1. The fourth-order valence-electron chi connectivity index (χ4n) is 3.15. The van der Waals surface area contributed by atoms with E-state index in [4.69, 9.17) is 4.98 Å². The molecule has 1 fully saturated rings. The van der Waals surface area contributed by atoms with Crippen molar-refractivity contribution < 1.29 is 5.11 Å². The second-order valence-electron chi connectivity index (χ2n) is 6.17. The van der Waals surface area contributed by atoms with Gasteiger partial charge in [-0.1, -0.05) is 37.7 Å². The van der Waals surface area contributed by atoms with Gasteiger partial charge in [-0.05, 0) is 31.4 Å². The fourth-order valence-corrected chi connectivity index (χ4v) is 5.80. The zero-order valence-electron chi connectivity index (χ0n) is 12.5. The summed E-state index contributed by atoms with van der Waals surface area (Å²) in [5.41, 5.74) is 0.999. The summed E-state index contributed by atoms with van der Waals surface area (Å²) in [4.78, 5) is 4.71. The zero-order chi connectivity index (χ0) is 14.9. The summed E-state index contributed by atoms with van der Waals surface area (Å²) < 4.78 is 2.41. The monoisotopic (exact) mass is 322 g/mol. The van der Waals surface area contributed by atoms with Crippen LogP contribution in [0.1, 0.15) is 33.1 Å². The van der Waals surface area contributed by atoms with Crippen molar-refractivity contribution in [1.82, 2.24) is 10.3 Å². The van der Waals surface area contributed by atoms with Gasteiger partial charge in [-0.3, -0.25) is 0 Å². The van der Waals surface area contributed by atoms with E-state index in [1.54, 1.807) is 11.3 Å². The molecule has 21 heavy (non-hydrogen) atoms. The Morgan fingerprint density at radius 3 is 3.00 bits per heavy atom. The van der Waals surface area contributed by atoms with Crippen LogP contribution in [-0.2, 0) is 0 Å². The number of aliphatic hydroxyl groups is 1. The number of para-hydroxylation sites is 1. The number of hydrogen-bond acceptors (Lipinski definition) is 5. The number of benzene rings is 1. The Morgan fingerprint density at radius 1 is 1.48 bits per heavy atom. The van der Waals surface area contributed by atoms with Gasteiger partial charge in [0.15, 0.2) is 4.34 Å². The van der Waals surface area contributed by atoms with E-state index in [0.29, 0.717) is 11.3 Å². The standard InChI is InChI=1S/C16H22N2OS2/c1-11(2)18-16(10-19)8-7-12(9-16)20-15-17-13-5-3-4-6-14(13)21-15/h3-6,11-12,18-19H,7-10H2,1-2H3. The Labute approximate surface area is 134 Å². The van der Waals surface area contributed by atoms with E-state index in [1.165, 1.54) is 4.70 Å². The molecule has 2 aromatic rings. The molecule has 0 amide bonds. The SMILES string of the molecule is CC(C)NC1(CO)CCC(Sc2nc3ccccc3s2)C1. The van der Waals surface area contributed by atoms with Gasteiger partial charge in [0.1, 0.15) is 0 Å². The molecular weight excluding hydrogens is 300 g/mol. The van der Waals surface area contributed by atoms with Crippen LogP contribution in [0, 0.1) is 0 Å². The van der Waals surface area contributed by atoms with Gasteiger partial charge >= 0.3 is 0 Å². The van der Waals surface area contributed by atoms with Crippen LogP contribution in [0.4, 0.5) is 0 Å². The first-order valence-corrected chi connectivity index (χ1v) is 9.21. The number of thiazole rings is 1. The lowest BCUT2D eigenvalue weighted by Crippen LogP contribution is -2.49. The molecule has 1 aliphatic carbocycles. The molecule has 0 bridgehead atoms. The van der Waals surface area contributed by atoms with E-state index < -0.39 is 0 Å². The molecule has 0 spiro atoms. The maximum absolute atomic E-state index is 9.78. The Morgan fingerprint density at radius 2 is 2.29 bits per heavy atom. The van der Waals surface area contributed by atoms with E-state index in [2.05, 4.69) is 37.4 Å². The van der Waals surface area contributed by atoms with Crippen LogP contribution in [0.25, 0.3) is 10.2 Å². The lowest BCUT2D eigenvalue weighted by molar-refractivity contribution is 0.156. The van der Waals surface area contributed by atoms with Crippen molar-refractivity contribution in [3.63, 3.8) is 0 Å². The molecule has 1 aromatic carbocycles. The number of fused-ring (bicyclic) bond motifs is 1. The van der Waals surface area contributed by atoms with Gasteiger partial charge in [0.2, 0.25) is 0 Å². The van der Waals surface area contributed by atoms with Crippen molar-refractivity contribution >= 4 is 33.3 Å². The number of nitrogens with zero attached hydrogens (tertiary/aromatic N) is 1. The quantitative estimate of drug-likeness (QED) is 0.881. The van der Waals surface area contributed by atoms with E-state index in [-0.39, 0.29) is 12.1 Å². The maximum Gasteiger partial charge on any atom is 0.151 e. The third-order valence-corrected chi connectivity index (χ3v) is 6.40. The minimum absolute atomic E-state index is 0.0947. The smallest absolute Gasteiger partial charge is 0.151 e. The van der Waals surface area contributed by atoms with Gasteiger partial charge in [-0.2, -0.15) is 0 Å². The van der Waals surface area contributed by atoms with Gasteiger partial charge in [0.05, 0.1) is 16.8 Å². The lowest BCUT2D eigenvalue weighted by atomic mass is 9.98. The van der Waals surface area contributed by atoms with Crippen LogP contribution in [-0.4, -0.2) is 33.5 Å². The van der Waals surface area contributed by atoms with Gasteiger partial charge in [-0.15, -0.1) is 11.3 Å². The fraction of sp³-hybridized carbons (Fsp3) is 0.562. The highest BCUT2D eigenvalue weighted by atomic mass is 32.2. The molecule has 114 valence electrons. The predicted molar refractivity (Wildman–Crippen MR) is 91.2 cm³/mol. The maximum atomic E-state index is 9.78. The van der Waals surface area contributed by atoms with E-state index in [9.17, 15) is 5.11 Å². The Kier molecular flexibility index (Phi) is 4.54. The topological polar surface area (TPSA) is 45.1 Å². The van der Waals surface area contributed by atoms with Crippen LogP contribution >= 0.6 is 23.1 Å². The molecule has 2 atom stereocenters. The Hall–Kier alpha value is -0.620. The van der Waals surface area contributed by atoms with Crippen molar-refractivity contribution in [1.29, 1.82) is 0 Å². The first-order valence-electron chi connectivity index (χ1n) is 7.51. The molecule has 0 saturated heterocycles. The third kappa shape index (κ3) is 3.42. The average molecular weight is 322 g/mol. The van der Waals surface area contributed by atoms with Crippen LogP contribution < -0.4 is 5.32 Å². The molecule has 1 aliphatic rings. The van der Waals surface area contributed by atoms with E-state index in [0.717, 1.165) is 29.1 Å².